The highest BCUT2D eigenvalue weighted by Gasteiger charge is 2.45. The molecule has 0 saturated carbocycles. The van der Waals surface area contributed by atoms with Crippen LogP contribution in [0.5, 0.6) is 0 Å². The van der Waals surface area contributed by atoms with Crippen LogP contribution in [0.2, 0.25) is 0 Å². The largest absolute Gasteiger partial charge is 0.480 e. The van der Waals surface area contributed by atoms with Gasteiger partial charge in [-0.25, -0.2) is 9.78 Å². The van der Waals surface area contributed by atoms with Crippen molar-refractivity contribution < 1.29 is 24.5 Å². The average Bonchev–Trinajstić information content (AvgIpc) is 3.13. The number of esters is 1. The zero-order valence-corrected chi connectivity index (χ0v) is 16.8. The number of nitrogens with two attached hydrogens (primary N) is 1. The molecule has 0 amide bonds. The predicted octanol–water partition coefficient (Wildman–Crippen LogP) is 1.11. The highest BCUT2D eigenvalue weighted by Crippen LogP contribution is 2.38. The zero-order chi connectivity index (χ0) is 22.3. The number of carbonyl (C=O) groups is 2. The molecule has 0 aliphatic carbocycles. The van der Waals surface area contributed by atoms with Crippen molar-refractivity contribution in [2.24, 2.45) is 5.73 Å². The van der Waals surface area contributed by atoms with Crippen molar-refractivity contribution in [3.8, 4) is 11.4 Å². The van der Waals surface area contributed by atoms with Gasteiger partial charge in [0.1, 0.15) is 6.61 Å². The van der Waals surface area contributed by atoms with Crippen LogP contribution in [0.15, 0.2) is 41.2 Å². The number of fused-ring (bicyclic) bond motifs is 5. The molecule has 0 unspecified atom stereocenters. The first-order chi connectivity index (χ1) is 14.8. The number of pyridine rings is 2. The summed E-state index contributed by atoms with van der Waals surface area (Å²) in [7, 11) is 0. The van der Waals surface area contributed by atoms with E-state index in [0.717, 1.165) is 22.2 Å². The van der Waals surface area contributed by atoms with Crippen LogP contribution in [0, 0.1) is 0 Å². The lowest BCUT2D eigenvalue weighted by atomic mass is 9.86. The van der Waals surface area contributed by atoms with Crippen molar-refractivity contribution in [2.45, 2.75) is 32.1 Å². The van der Waals surface area contributed by atoms with Gasteiger partial charge in [-0.15, -0.1) is 0 Å². The molecule has 31 heavy (non-hydrogen) atoms. The molecule has 4 N–H and O–H groups in total. The number of carboxylic acid groups (broad SMARTS) is 1. The first kappa shape index (κ1) is 20.7. The number of hydrogen-bond acceptors (Lipinski definition) is 7. The molecule has 9 nitrogen and oxygen atoms in total. The molecule has 1 aromatic carbocycles. The first-order valence-corrected chi connectivity index (χ1v) is 9.77. The summed E-state index contributed by atoms with van der Waals surface area (Å²) >= 11 is 0. The summed E-state index contributed by atoms with van der Waals surface area (Å²) in [6, 6.07) is 11.6. The van der Waals surface area contributed by atoms with Crippen LogP contribution in [0.1, 0.15) is 30.0 Å². The zero-order valence-electron chi connectivity index (χ0n) is 16.8. The lowest BCUT2D eigenvalue weighted by molar-refractivity contribution is -0.172. The molecule has 160 valence electrons. The number of carboxylic acids is 1. The minimum Gasteiger partial charge on any atom is -0.480 e. The van der Waals surface area contributed by atoms with E-state index in [1.807, 2.05) is 30.3 Å². The first-order valence-electron chi connectivity index (χ1n) is 9.77. The number of aliphatic carboxylic acids is 1. The van der Waals surface area contributed by atoms with Crippen molar-refractivity contribution in [1.82, 2.24) is 9.55 Å². The maximum absolute atomic E-state index is 13.0. The number of ether oxygens (including phenoxy) is 1. The standard InChI is InChI=1S/C20H16N2O4.C2H5NO2/c1-2-20(25)14-8-16-17-12(7-11-5-3-4-6-15(11)21-17)9-22(16)18(23)13(14)10-26-19(20)24;3-1-2(4)5/h3-8,25H,2,9-10H2,1H3;1,3H2,(H,4,5)/t20-;/m0./s1. The van der Waals surface area contributed by atoms with E-state index < -0.39 is 17.5 Å². The van der Waals surface area contributed by atoms with E-state index in [2.05, 4.69) is 5.73 Å². The van der Waals surface area contributed by atoms with E-state index in [1.165, 1.54) is 0 Å². The van der Waals surface area contributed by atoms with Crippen LogP contribution in [0.3, 0.4) is 0 Å². The Morgan fingerprint density at radius 3 is 2.68 bits per heavy atom. The summed E-state index contributed by atoms with van der Waals surface area (Å²) in [6.07, 6.45) is 0.139. The summed E-state index contributed by atoms with van der Waals surface area (Å²) < 4.78 is 6.72. The Morgan fingerprint density at radius 2 is 2.00 bits per heavy atom. The van der Waals surface area contributed by atoms with Crippen LogP contribution in [0.25, 0.3) is 22.3 Å². The third-order valence-corrected chi connectivity index (χ3v) is 5.59. The van der Waals surface area contributed by atoms with E-state index >= 15 is 0 Å². The van der Waals surface area contributed by atoms with Crippen LogP contribution in [-0.4, -0.2) is 38.2 Å². The summed E-state index contributed by atoms with van der Waals surface area (Å²) in [5.74, 6) is -1.67. The molecule has 2 aromatic heterocycles. The minimum absolute atomic E-state index is 0.110. The fraction of sp³-hybridized carbons (Fsp3) is 0.273. The van der Waals surface area contributed by atoms with Gasteiger partial charge in [0.05, 0.1) is 35.6 Å². The van der Waals surface area contributed by atoms with Gasteiger partial charge in [0.2, 0.25) is 0 Å². The Bertz CT molecular complexity index is 1280. The predicted molar refractivity (Wildman–Crippen MR) is 111 cm³/mol. The summed E-state index contributed by atoms with van der Waals surface area (Å²) in [4.78, 5) is 39.1. The number of aliphatic hydroxyl groups is 1. The van der Waals surface area contributed by atoms with E-state index in [1.54, 1.807) is 17.6 Å². The molecule has 3 aromatic rings. The van der Waals surface area contributed by atoms with Gasteiger partial charge >= 0.3 is 11.9 Å². The van der Waals surface area contributed by atoms with Crippen LogP contribution in [-0.2, 0) is 33.1 Å². The van der Waals surface area contributed by atoms with Gasteiger partial charge in [0.25, 0.3) is 5.56 Å². The quantitative estimate of drug-likeness (QED) is 0.407. The number of aromatic nitrogens is 2. The number of para-hydroxylation sites is 1. The molecule has 1 atom stereocenters. The highest BCUT2D eigenvalue weighted by atomic mass is 16.6. The van der Waals surface area contributed by atoms with E-state index in [-0.39, 0.29) is 25.1 Å². The second kappa shape index (κ2) is 7.60. The fourth-order valence-electron chi connectivity index (χ4n) is 3.93. The summed E-state index contributed by atoms with van der Waals surface area (Å²) in [5, 5.41) is 19.4. The van der Waals surface area contributed by atoms with Gasteiger partial charge in [0.15, 0.2) is 5.60 Å². The van der Waals surface area contributed by atoms with Gasteiger partial charge in [-0.05, 0) is 24.6 Å². The Kier molecular flexibility index (Phi) is 5.08. The molecule has 4 heterocycles. The topological polar surface area (TPSA) is 145 Å². The molecule has 2 aliphatic rings. The Hall–Kier alpha value is -3.56. The molecule has 5 rings (SSSR count). The maximum atomic E-state index is 13.0. The molecular weight excluding hydrogens is 402 g/mol. The molecular formula is C22H21N3O6. The fourth-order valence-corrected chi connectivity index (χ4v) is 3.93. The molecule has 0 radical (unpaired) electrons. The molecule has 9 heteroatoms. The maximum Gasteiger partial charge on any atom is 0.343 e. The summed E-state index contributed by atoms with van der Waals surface area (Å²) in [5.41, 5.74) is 6.39. The van der Waals surface area contributed by atoms with Gasteiger partial charge in [0, 0.05) is 16.5 Å². The summed E-state index contributed by atoms with van der Waals surface area (Å²) in [6.45, 7) is 1.73. The molecule has 0 saturated heterocycles. The Morgan fingerprint density at radius 1 is 1.29 bits per heavy atom. The molecule has 0 fully saturated rings. The van der Waals surface area contributed by atoms with Crippen LogP contribution in [0.4, 0.5) is 0 Å². The second-order valence-corrected chi connectivity index (χ2v) is 7.39. The average molecular weight is 423 g/mol. The van der Waals surface area contributed by atoms with Gasteiger partial charge in [-0.2, -0.15) is 0 Å². The van der Waals surface area contributed by atoms with Crippen molar-refractivity contribution in [2.75, 3.05) is 6.54 Å². The van der Waals surface area contributed by atoms with Crippen molar-refractivity contribution in [3.05, 3.63) is 63.4 Å². The number of rotatable bonds is 2. The van der Waals surface area contributed by atoms with E-state index in [0.29, 0.717) is 23.4 Å². The Labute approximate surface area is 176 Å². The van der Waals surface area contributed by atoms with Crippen molar-refractivity contribution in [1.29, 1.82) is 0 Å². The monoisotopic (exact) mass is 423 g/mol. The van der Waals surface area contributed by atoms with Crippen molar-refractivity contribution >= 4 is 22.8 Å². The number of hydrogen-bond donors (Lipinski definition) is 3. The number of nitrogens with zero attached hydrogens (tertiary/aromatic N) is 2. The van der Waals surface area contributed by atoms with E-state index in [4.69, 9.17) is 14.8 Å². The second-order valence-electron chi connectivity index (χ2n) is 7.39. The smallest absolute Gasteiger partial charge is 0.343 e. The SMILES string of the molecule is CC[C@@]1(O)C(=O)OCc2c1cc1n(c2=O)Cc2cc3ccccc3nc2-1.NCC(=O)O. The molecule has 0 spiro atoms. The minimum atomic E-state index is -1.79. The van der Waals surface area contributed by atoms with E-state index in [9.17, 15) is 19.5 Å². The van der Waals surface area contributed by atoms with Crippen LogP contribution < -0.4 is 11.3 Å². The lowest BCUT2D eigenvalue weighted by Crippen LogP contribution is -2.44. The number of carbonyl (C=O) groups excluding carboxylic acids is 1. The number of cyclic esters (lactones) is 1. The lowest BCUT2D eigenvalue weighted by Gasteiger charge is -2.31. The van der Waals surface area contributed by atoms with Crippen molar-refractivity contribution in [3.63, 3.8) is 0 Å². The van der Waals surface area contributed by atoms with Gasteiger partial charge in [-0.1, -0.05) is 25.1 Å². The highest BCUT2D eigenvalue weighted by molar-refractivity contribution is 5.86. The number of benzene rings is 1. The third kappa shape index (κ3) is 3.28. The normalized spacial score (nSPS) is 18.4. The molecule has 0 bridgehead atoms. The third-order valence-electron chi connectivity index (χ3n) is 5.59. The van der Waals surface area contributed by atoms with Gasteiger partial charge < -0.3 is 25.3 Å². The molecule has 2 aliphatic heterocycles. The van der Waals surface area contributed by atoms with Crippen LogP contribution >= 0.6 is 0 Å². The Balaban J connectivity index is 0.000000418. The van der Waals surface area contributed by atoms with Gasteiger partial charge in [-0.3, -0.25) is 9.59 Å².